The number of ether oxygens (including phenoxy) is 1. The van der Waals surface area contributed by atoms with Gasteiger partial charge in [0.25, 0.3) is 5.91 Å². The summed E-state index contributed by atoms with van der Waals surface area (Å²) in [4.78, 5) is 22.3. The molecule has 2 heterocycles. The molecule has 4 rings (SSSR count). The lowest BCUT2D eigenvalue weighted by atomic mass is 10.2. The maximum atomic E-state index is 13.0. The van der Waals surface area contributed by atoms with Gasteiger partial charge in [0.15, 0.2) is 17.1 Å². The highest BCUT2D eigenvalue weighted by Gasteiger charge is 2.23. The van der Waals surface area contributed by atoms with Gasteiger partial charge in [0, 0.05) is 6.54 Å². The molecule has 0 saturated carbocycles. The first kappa shape index (κ1) is 22.1. The molecule has 2 aromatic heterocycles. The van der Waals surface area contributed by atoms with Crippen molar-refractivity contribution in [1.82, 2.24) is 20.0 Å². The molecule has 9 nitrogen and oxygen atoms in total. The third-order valence-electron chi connectivity index (χ3n) is 5.12. The van der Waals surface area contributed by atoms with Crippen LogP contribution in [0.4, 0.5) is 5.82 Å². The van der Waals surface area contributed by atoms with Crippen molar-refractivity contribution in [2.75, 3.05) is 18.9 Å². The molecule has 33 heavy (non-hydrogen) atoms. The number of unbranched alkanes of at least 4 members (excludes halogenated alkanes) is 1. The summed E-state index contributed by atoms with van der Waals surface area (Å²) in [6, 6.07) is 12.3. The quantitative estimate of drug-likeness (QED) is 0.280. The number of anilines is 1. The minimum Gasteiger partial charge on any atom is -0.504 e. The van der Waals surface area contributed by atoms with Crippen LogP contribution >= 0.6 is 0 Å². The van der Waals surface area contributed by atoms with Crippen LogP contribution in [0.15, 0.2) is 47.6 Å². The number of hydrogen-bond acceptors (Lipinski definition) is 7. The fraction of sp³-hybridized carbons (Fsp3) is 0.250. The van der Waals surface area contributed by atoms with Crippen LogP contribution in [0.25, 0.3) is 22.2 Å². The van der Waals surface area contributed by atoms with Crippen molar-refractivity contribution in [2.24, 2.45) is 5.10 Å². The van der Waals surface area contributed by atoms with Gasteiger partial charge in [-0.25, -0.2) is 9.97 Å². The van der Waals surface area contributed by atoms with Gasteiger partial charge in [-0.15, -0.1) is 0 Å². The van der Waals surface area contributed by atoms with E-state index in [0.29, 0.717) is 46.7 Å². The molecule has 9 heteroatoms. The lowest BCUT2D eigenvalue weighted by molar-refractivity contribution is 0.0955. The van der Waals surface area contributed by atoms with Crippen molar-refractivity contribution in [1.29, 1.82) is 0 Å². The molecule has 4 aromatic rings. The smallest absolute Gasteiger partial charge is 0.257 e. The number of aromatic hydroxyl groups is 1. The minimum absolute atomic E-state index is 0.0447. The van der Waals surface area contributed by atoms with Crippen LogP contribution in [-0.4, -0.2) is 45.0 Å². The van der Waals surface area contributed by atoms with Crippen LogP contribution in [0.1, 0.15) is 42.6 Å². The number of hydrogen-bond donors (Lipinski definition) is 3. The van der Waals surface area contributed by atoms with Gasteiger partial charge in [0.1, 0.15) is 16.9 Å². The molecular weight excluding hydrogens is 420 g/mol. The molecule has 2 aromatic carbocycles. The van der Waals surface area contributed by atoms with Crippen molar-refractivity contribution in [2.45, 2.75) is 26.7 Å². The van der Waals surface area contributed by atoms with Crippen molar-refractivity contribution >= 4 is 40.1 Å². The fourth-order valence-electron chi connectivity index (χ4n) is 3.46. The van der Waals surface area contributed by atoms with E-state index in [0.717, 1.165) is 12.8 Å². The highest BCUT2D eigenvalue weighted by atomic mass is 16.5. The predicted molar refractivity (Wildman–Crippen MR) is 129 cm³/mol. The number of carbonyl (C=O) groups excluding carboxylic acids is 1. The molecule has 0 saturated heterocycles. The number of amides is 1. The van der Waals surface area contributed by atoms with Gasteiger partial charge in [-0.05, 0) is 49.2 Å². The molecule has 0 aliphatic carbocycles. The van der Waals surface area contributed by atoms with Crippen LogP contribution < -0.4 is 15.8 Å². The van der Waals surface area contributed by atoms with E-state index in [4.69, 9.17) is 10.5 Å². The molecule has 0 fully saturated rings. The molecule has 0 atom stereocenters. The zero-order valence-electron chi connectivity index (χ0n) is 18.6. The second-order valence-electron chi connectivity index (χ2n) is 7.47. The van der Waals surface area contributed by atoms with E-state index in [-0.39, 0.29) is 23.0 Å². The fourth-order valence-corrected chi connectivity index (χ4v) is 3.46. The molecule has 0 aliphatic rings. The Morgan fingerprint density at radius 2 is 1.97 bits per heavy atom. The third kappa shape index (κ3) is 4.43. The van der Waals surface area contributed by atoms with E-state index >= 15 is 0 Å². The van der Waals surface area contributed by atoms with Crippen molar-refractivity contribution < 1.29 is 14.6 Å². The Balaban J connectivity index is 1.82. The number of phenols is 1. The Morgan fingerprint density at radius 1 is 1.21 bits per heavy atom. The van der Waals surface area contributed by atoms with Gasteiger partial charge in [-0.3, -0.25) is 4.79 Å². The molecule has 0 unspecified atom stereocenters. The Bertz CT molecular complexity index is 1350. The zero-order chi connectivity index (χ0) is 23.4. The van der Waals surface area contributed by atoms with Gasteiger partial charge >= 0.3 is 0 Å². The number of fused-ring (bicyclic) bond motifs is 2. The molecule has 0 spiro atoms. The van der Waals surface area contributed by atoms with Gasteiger partial charge < -0.3 is 20.9 Å². The van der Waals surface area contributed by atoms with Gasteiger partial charge in [-0.1, -0.05) is 25.5 Å². The largest absolute Gasteiger partial charge is 0.504 e. The zero-order valence-corrected chi connectivity index (χ0v) is 18.6. The Labute approximate surface area is 190 Å². The standard InChI is InChI=1S/C24H26N6O3/c1-3-5-12-26-24(32)20-21-23(29-17-9-7-6-8-16(17)28-21)30(22(20)25)27-14-15-10-11-18(31)19(13-15)33-4-2/h6-11,13-14,31H,3-5,12,25H2,1-2H3,(H,26,32)/b27-14+. The average Bonchev–Trinajstić information content (AvgIpc) is 3.08. The van der Waals surface area contributed by atoms with E-state index in [2.05, 4.69) is 27.3 Å². The molecule has 0 bridgehead atoms. The molecule has 0 radical (unpaired) electrons. The number of aromatic nitrogens is 3. The lowest BCUT2D eigenvalue weighted by Gasteiger charge is -2.06. The highest BCUT2D eigenvalue weighted by molar-refractivity contribution is 6.10. The van der Waals surface area contributed by atoms with Gasteiger partial charge in [0.05, 0.1) is 23.9 Å². The molecule has 4 N–H and O–H groups in total. The first-order valence-corrected chi connectivity index (χ1v) is 10.9. The summed E-state index contributed by atoms with van der Waals surface area (Å²) in [6.45, 7) is 4.85. The van der Waals surface area contributed by atoms with Crippen LogP contribution in [0.5, 0.6) is 11.5 Å². The summed E-state index contributed by atoms with van der Waals surface area (Å²) in [5.74, 6) is 0.235. The SMILES string of the molecule is CCCCNC(=O)c1c(N)n(/N=C/c2ccc(O)c(OCC)c2)c2nc3ccccc3nc12. The summed E-state index contributed by atoms with van der Waals surface area (Å²) >= 11 is 0. The Morgan fingerprint density at radius 3 is 2.70 bits per heavy atom. The number of nitrogens with one attached hydrogen (secondary N) is 1. The van der Waals surface area contributed by atoms with Gasteiger partial charge in [0.2, 0.25) is 0 Å². The summed E-state index contributed by atoms with van der Waals surface area (Å²) in [5, 5.41) is 17.3. The van der Waals surface area contributed by atoms with E-state index < -0.39 is 0 Å². The van der Waals surface area contributed by atoms with Crippen molar-refractivity contribution in [3.8, 4) is 11.5 Å². The summed E-state index contributed by atoms with van der Waals surface area (Å²) in [6.07, 6.45) is 3.39. The minimum atomic E-state index is -0.312. The number of nitrogen functional groups attached to an aromatic ring is 1. The van der Waals surface area contributed by atoms with Gasteiger partial charge in [-0.2, -0.15) is 9.78 Å². The summed E-state index contributed by atoms with van der Waals surface area (Å²) in [5.41, 5.74) is 9.42. The topological polar surface area (TPSA) is 128 Å². The maximum absolute atomic E-state index is 13.0. The number of rotatable bonds is 8. The lowest BCUT2D eigenvalue weighted by Crippen LogP contribution is -2.25. The normalized spacial score (nSPS) is 11.5. The van der Waals surface area contributed by atoms with E-state index in [1.807, 2.05) is 31.2 Å². The van der Waals surface area contributed by atoms with Crippen LogP contribution in [-0.2, 0) is 0 Å². The second-order valence-corrected chi connectivity index (χ2v) is 7.47. The summed E-state index contributed by atoms with van der Waals surface area (Å²) < 4.78 is 6.85. The summed E-state index contributed by atoms with van der Waals surface area (Å²) in [7, 11) is 0. The van der Waals surface area contributed by atoms with Crippen LogP contribution in [0.3, 0.4) is 0 Å². The Kier molecular flexibility index (Phi) is 6.39. The number of nitrogens with zero attached hydrogens (tertiary/aromatic N) is 4. The second kappa shape index (κ2) is 9.56. The van der Waals surface area contributed by atoms with Crippen LogP contribution in [0, 0.1) is 0 Å². The molecule has 170 valence electrons. The number of benzene rings is 2. The first-order chi connectivity index (χ1) is 16.0. The predicted octanol–water partition coefficient (Wildman–Crippen LogP) is 3.68. The van der Waals surface area contributed by atoms with Crippen molar-refractivity contribution in [3.05, 3.63) is 53.6 Å². The van der Waals surface area contributed by atoms with E-state index in [1.54, 1.807) is 18.3 Å². The maximum Gasteiger partial charge on any atom is 0.257 e. The monoisotopic (exact) mass is 446 g/mol. The Hall–Kier alpha value is -4.14. The van der Waals surface area contributed by atoms with Crippen molar-refractivity contribution in [3.63, 3.8) is 0 Å². The number of phenolic OH excluding ortho intramolecular Hbond substituents is 1. The number of nitrogens with two attached hydrogens (primary N) is 1. The highest BCUT2D eigenvalue weighted by Crippen LogP contribution is 2.29. The average molecular weight is 447 g/mol. The van der Waals surface area contributed by atoms with E-state index in [9.17, 15) is 9.90 Å². The van der Waals surface area contributed by atoms with Crippen LogP contribution in [0.2, 0.25) is 0 Å². The number of carbonyl (C=O) groups is 1. The molecular formula is C24H26N6O3. The molecule has 1 amide bonds. The molecule has 0 aliphatic heterocycles. The number of para-hydroxylation sites is 2. The first-order valence-electron chi connectivity index (χ1n) is 10.9. The van der Waals surface area contributed by atoms with E-state index in [1.165, 1.54) is 10.7 Å². The third-order valence-corrected chi connectivity index (χ3v) is 5.12.